The minimum absolute atomic E-state index is 0.145. The molecule has 0 saturated carbocycles. The molecule has 0 amide bonds. The molecule has 0 aliphatic heterocycles. The molecule has 0 bridgehead atoms. The molecule has 0 aromatic heterocycles. The molecular formula is C8H14O. The third kappa shape index (κ3) is 7.28. The molecule has 0 saturated heterocycles. The number of aliphatic hydroxyl groups excluding tert-OH is 1. The Hall–Kier alpha value is -0.720. The van der Waals surface area contributed by atoms with Crippen LogP contribution in [-0.2, 0) is 0 Å². The predicted molar refractivity (Wildman–Crippen MR) is 40.4 cm³/mol. The Kier molecular flexibility index (Phi) is 4.98. The Morgan fingerprint density at radius 3 is 2.78 bits per heavy atom. The Morgan fingerprint density at radius 2 is 2.33 bits per heavy atom. The van der Waals surface area contributed by atoms with Crippen molar-refractivity contribution < 1.29 is 5.11 Å². The first kappa shape index (κ1) is 8.28. The summed E-state index contributed by atoms with van der Waals surface area (Å²) in [4.78, 5) is 0. The Balaban J connectivity index is 3.15. The van der Waals surface area contributed by atoms with E-state index in [1.54, 1.807) is 6.08 Å². The maximum atomic E-state index is 8.57. The SMILES string of the molecule is C=C(O)/C=C/CCCC. The van der Waals surface area contributed by atoms with Gasteiger partial charge in [-0.25, -0.2) is 0 Å². The van der Waals surface area contributed by atoms with Gasteiger partial charge in [-0.1, -0.05) is 32.4 Å². The monoisotopic (exact) mass is 126 g/mol. The van der Waals surface area contributed by atoms with Crippen LogP contribution in [0.5, 0.6) is 0 Å². The van der Waals surface area contributed by atoms with Gasteiger partial charge in [0.1, 0.15) is 5.76 Å². The minimum Gasteiger partial charge on any atom is -0.509 e. The predicted octanol–water partition coefficient (Wildman–Crippen LogP) is 2.80. The third-order valence-corrected chi connectivity index (χ3v) is 1.03. The second-order valence-electron chi connectivity index (χ2n) is 2.04. The highest BCUT2D eigenvalue weighted by molar-refractivity contribution is 5.04. The molecule has 0 atom stereocenters. The molecule has 0 heterocycles. The number of hydrogen-bond donors (Lipinski definition) is 1. The molecule has 0 unspecified atom stereocenters. The van der Waals surface area contributed by atoms with Crippen molar-refractivity contribution in [3.8, 4) is 0 Å². The van der Waals surface area contributed by atoms with Crippen LogP contribution in [0, 0.1) is 0 Å². The lowest BCUT2D eigenvalue weighted by molar-refractivity contribution is 0.435. The lowest BCUT2D eigenvalue weighted by atomic mass is 10.2. The van der Waals surface area contributed by atoms with Crippen molar-refractivity contribution in [2.45, 2.75) is 26.2 Å². The van der Waals surface area contributed by atoms with Crippen LogP contribution in [0.3, 0.4) is 0 Å². The lowest BCUT2D eigenvalue weighted by Crippen LogP contribution is -1.69. The molecule has 0 radical (unpaired) electrons. The Morgan fingerprint density at radius 1 is 1.67 bits per heavy atom. The fourth-order valence-electron chi connectivity index (χ4n) is 0.541. The molecule has 1 heteroatoms. The Labute approximate surface area is 56.7 Å². The average molecular weight is 126 g/mol. The van der Waals surface area contributed by atoms with Gasteiger partial charge in [-0.05, 0) is 12.5 Å². The molecule has 0 aromatic carbocycles. The molecule has 0 rings (SSSR count). The van der Waals surface area contributed by atoms with Crippen LogP contribution < -0.4 is 0 Å². The second-order valence-corrected chi connectivity index (χ2v) is 2.04. The van der Waals surface area contributed by atoms with Crippen molar-refractivity contribution in [2.75, 3.05) is 0 Å². The molecule has 0 aliphatic rings. The van der Waals surface area contributed by atoms with Gasteiger partial charge in [0, 0.05) is 0 Å². The summed E-state index contributed by atoms with van der Waals surface area (Å²) in [6.45, 7) is 5.46. The van der Waals surface area contributed by atoms with Crippen LogP contribution in [0.2, 0.25) is 0 Å². The van der Waals surface area contributed by atoms with Crippen molar-refractivity contribution in [3.05, 3.63) is 24.5 Å². The van der Waals surface area contributed by atoms with E-state index in [1.807, 2.05) is 6.08 Å². The molecule has 0 aromatic rings. The third-order valence-electron chi connectivity index (χ3n) is 1.03. The zero-order valence-corrected chi connectivity index (χ0v) is 5.93. The van der Waals surface area contributed by atoms with Crippen LogP contribution in [0.1, 0.15) is 26.2 Å². The van der Waals surface area contributed by atoms with Gasteiger partial charge in [0.05, 0.1) is 0 Å². The van der Waals surface area contributed by atoms with Gasteiger partial charge in [0.2, 0.25) is 0 Å². The number of allylic oxidation sites excluding steroid dienone is 2. The van der Waals surface area contributed by atoms with E-state index in [0.717, 1.165) is 6.42 Å². The highest BCUT2D eigenvalue weighted by Crippen LogP contribution is 1.96. The summed E-state index contributed by atoms with van der Waals surface area (Å²) in [5.41, 5.74) is 0. The summed E-state index contributed by atoms with van der Waals surface area (Å²) < 4.78 is 0. The minimum atomic E-state index is 0.145. The Bertz CT molecular complexity index is 103. The number of unbranched alkanes of at least 4 members (excludes halogenated alkanes) is 2. The summed E-state index contributed by atoms with van der Waals surface area (Å²) in [6.07, 6.45) is 6.99. The summed E-state index contributed by atoms with van der Waals surface area (Å²) >= 11 is 0. The van der Waals surface area contributed by atoms with Crippen LogP contribution in [0.4, 0.5) is 0 Å². The standard InChI is InChI=1S/C8H14O/c1-3-4-5-6-7-8(2)9/h6-7,9H,2-5H2,1H3/b7-6+. The zero-order chi connectivity index (χ0) is 7.11. The lowest BCUT2D eigenvalue weighted by Gasteiger charge is -1.87. The van der Waals surface area contributed by atoms with E-state index in [9.17, 15) is 0 Å². The molecular weight excluding hydrogens is 112 g/mol. The largest absolute Gasteiger partial charge is 0.509 e. The maximum Gasteiger partial charge on any atom is 0.108 e. The maximum absolute atomic E-state index is 8.57. The van der Waals surface area contributed by atoms with E-state index in [1.165, 1.54) is 12.8 Å². The molecule has 52 valence electrons. The van der Waals surface area contributed by atoms with Gasteiger partial charge in [-0.15, -0.1) is 0 Å². The first-order valence-corrected chi connectivity index (χ1v) is 3.31. The molecule has 9 heavy (non-hydrogen) atoms. The van der Waals surface area contributed by atoms with Gasteiger partial charge < -0.3 is 5.11 Å². The summed E-state index contributed by atoms with van der Waals surface area (Å²) in [5, 5.41) is 8.57. The van der Waals surface area contributed by atoms with Crippen LogP contribution >= 0.6 is 0 Å². The van der Waals surface area contributed by atoms with E-state index in [4.69, 9.17) is 5.11 Å². The van der Waals surface area contributed by atoms with E-state index in [0.29, 0.717) is 0 Å². The van der Waals surface area contributed by atoms with E-state index < -0.39 is 0 Å². The topological polar surface area (TPSA) is 20.2 Å². The van der Waals surface area contributed by atoms with E-state index in [-0.39, 0.29) is 5.76 Å². The average Bonchev–Trinajstić information content (AvgIpc) is 1.80. The number of hydrogen-bond acceptors (Lipinski definition) is 1. The van der Waals surface area contributed by atoms with Crippen molar-refractivity contribution in [1.82, 2.24) is 0 Å². The van der Waals surface area contributed by atoms with Crippen LogP contribution in [-0.4, -0.2) is 5.11 Å². The van der Waals surface area contributed by atoms with Crippen LogP contribution in [0.15, 0.2) is 24.5 Å². The van der Waals surface area contributed by atoms with Gasteiger partial charge in [-0.2, -0.15) is 0 Å². The fourth-order valence-corrected chi connectivity index (χ4v) is 0.541. The van der Waals surface area contributed by atoms with E-state index in [2.05, 4.69) is 13.5 Å². The normalized spacial score (nSPS) is 10.3. The summed E-state index contributed by atoms with van der Waals surface area (Å²) in [7, 11) is 0. The zero-order valence-electron chi connectivity index (χ0n) is 5.93. The quantitative estimate of drug-likeness (QED) is 0.349. The first-order valence-electron chi connectivity index (χ1n) is 3.31. The van der Waals surface area contributed by atoms with Gasteiger partial charge in [0.25, 0.3) is 0 Å². The number of rotatable bonds is 4. The second kappa shape index (κ2) is 5.42. The van der Waals surface area contributed by atoms with Crippen molar-refractivity contribution in [1.29, 1.82) is 0 Å². The smallest absolute Gasteiger partial charge is 0.108 e. The van der Waals surface area contributed by atoms with Gasteiger partial charge in [0.15, 0.2) is 0 Å². The van der Waals surface area contributed by atoms with Gasteiger partial charge in [-0.3, -0.25) is 0 Å². The molecule has 1 N–H and O–H groups in total. The molecule has 0 aliphatic carbocycles. The van der Waals surface area contributed by atoms with E-state index >= 15 is 0 Å². The summed E-state index contributed by atoms with van der Waals surface area (Å²) in [5.74, 6) is 0.145. The molecule has 0 spiro atoms. The summed E-state index contributed by atoms with van der Waals surface area (Å²) in [6, 6.07) is 0. The van der Waals surface area contributed by atoms with Crippen molar-refractivity contribution in [3.63, 3.8) is 0 Å². The van der Waals surface area contributed by atoms with Crippen molar-refractivity contribution >= 4 is 0 Å². The highest BCUT2D eigenvalue weighted by atomic mass is 16.3. The first-order chi connectivity index (χ1) is 4.27. The van der Waals surface area contributed by atoms with Crippen molar-refractivity contribution in [2.24, 2.45) is 0 Å². The molecule has 0 fully saturated rings. The van der Waals surface area contributed by atoms with Crippen LogP contribution in [0.25, 0.3) is 0 Å². The highest BCUT2D eigenvalue weighted by Gasteiger charge is 1.78. The number of aliphatic hydroxyl groups is 1. The van der Waals surface area contributed by atoms with Gasteiger partial charge >= 0.3 is 0 Å². The fraction of sp³-hybridized carbons (Fsp3) is 0.500. The molecule has 1 nitrogen and oxygen atoms in total.